The number of hydrogen-bond donors (Lipinski definition) is 0. The van der Waals surface area contributed by atoms with Gasteiger partial charge < -0.3 is 23.7 Å². The molecule has 1 heterocycles. The average Bonchev–Trinajstić information content (AvgIpc) is 3.19. The molecular weight excluding hydrogens is 436 g/mol. The third-order valence-corrected chi connectivity index (χ3v) is 5.51. The highest BCUT2D eigenvalue weighted by Gasteiger charge is 2.30. The highest BCUT2D eigenvalue weighted by molar-refractivity contribution is 6.15. The molecule has 4 rings (SSSR count). The number of carbonyl (C=O) groups is 2. The monoisotopic (exact) mass is 460 g/mol. The van der Waals surface area contributed by atoms with Crippen molar-refractivity contribution in [2.45, 2.75) is 6.92 Å². The Bertz CT molecular complexity index is 1270. The summed E-state index contributed by atoms with van der Waals surface area (Å²) in [4.78, 5) is 25.4. The molecule has 1 aliphatic heterocycles. The quantitative estimate of drug-likeness (QED) is 0.349. The summed E-state index contributed by atoms with van der Waals surface area (Å²) in [6, 6.07) is 15.5. The van der Waals surface area contributed by atoms with Crippen LogP contribution >= 0.6 is 0 Å². The molecule has 0 saturated carbocycles. The molecule has 0 aliphatic carbocycles. The molecule has 0 saturated heterocycles. The molecule has 0 fully saturated rings. The molecule has 3 aromatic rings. The summed E-state index contributed by atoms with van der Waals surface area (Å²) in [7, 11) is 4.67. The van der Waals surface area contributed by atoms with E-state index in [2.05, 4.69) is 0 Å². The standard InChI is InChI=1S/C27H24O7/c1-16-22(33-15-21(28)18-6-8-19(30-2)9-7-18)12-10-20-26(29)25(34-27(16)20)14-17-5-11-23(31-3)24(13-17)32-4/h5-14H,15H2,1-4H3/b25-14-. The number of carbonyl (C=O) groups excluding carboxylic acids is 2. The van der Waals surface area contributed by atoms with Crippen molar-refractivity contribution in [3.8, 4) is 28.7 Å². The van der Waals surface area contributed by atoms with E-state index in [1.54, 1.807) is 88.9 Å². The van der Waals surface area contributed by atoms with Crippen molar-refractivity contribution < 1.29 is 33.3 Å². The van der Waals surface area contributed by atoms with Gasteiger partial charge in [-0.15, -0.1) is 0 Å². The number of allylic oxidation sites excluding steroid dienone is 1. The molecule has 34 heavy (non-hydrogen) atoms. The summed E-state index contributed by atoms with van der Waals surface area (Å²) in [5.41, 5.74) is 2.33. The van der Waals surface area contributed by atoms with Gasteiger partial charge in [0.05, 0.1) is 26.9 Å². The lowest BCUT2D eigenvalue weighted by Gasteiger charge is -2.11. The first-order valence-electron chi connectivity index (χ1n) is 10.5. The smallest absolute Gasteiger partial charge is 0.231 e. The van der Waals surface area contributed by atoms with Crippen LogP contribution < -0.4 is 23.7 Å². The summed E-state index contributed by atoms with van der Waals surface area (Å²) < 4.78 is 27.3. The van der Waals surface area contributed by atoms with Gasteiger partial charge in [0.1, 0.15) is 17.2 Å². The Balaban J connectivity index is 1.51. The van der Waals surface area contributed by atoms with Gasteiger partial charge in [-0.25, -0.2) is 0 Å². The predicted molar refractivity (Wildman–Crippen MR) is 126 cm³/mol. The zero-order valence-corrected chi connectivity index (χ0v) is 19.3. The lowest BCUT2D eigenvalue weighted by Crippen LogP contribution is -2.12. The lowest BCUT2D eigenvalue weighted by atomic mass is 10.1. The van der Waals surface area contributed by atoms with Crippen molar-refractivity contribution in [3.63, 3.8) is 0 Å². The van der Waals surface area contributed by atoms with Crippen LogP contribution in [0.25, 0.3) is 6.08 Å². The van der Waals surface area contributed by atoms with Crippen LogP contribution in [0.2, 0.25) is 0 Å². The van der Waals surface area contributed by atoms with E-state index in [4.69, 9.17) is 23.7 Å². The Morgan fingerprint density at radius 3 is 2.26 bits per heavy atom. The van der Waals surface area contributed by atoms with Crippen LogP contribution in [0, 0.1) is 6.92 Å². The predicted octanol–water partition coefficient (Wildman–Crippen LogP) is 4.90. The van der Waals surface area contributed by atoms with Crippen LogP contribution in [0.5, 0.6) is 28.7 Å². The molecule has 0 N–H and O–H groups in total. The van der Waals surface area contributed by atoms with Gasteiger partial charge in [-0.1, -0.05) is 6.07 Å². The van der Waals surface area contributed by atoms with E-state index in [-0.39, 0.29) is 23.9 Å². The summed E-state index contributed by atoms with van der Waals surface area (Å²) >= 11 is 0. The third kappa shape index (κ3) is 4.45. The Kier molecular flexibility index (Phi) is 6.54. The van der Waals surface area contributed by atoms with E-state index in [1.165, 1.54) is 0 Å². The van der Waals surface area contributed by atoms with E-state index >= 15 is 0 Å². The van der Waals surface area contributed by atoms with Gasteiger partial charge in [-0.2, -0.15) is 0 Å². The van der Waals surface area contributed by atoms with E-state index in [1.807, 2.05) is 0 Å². The molecule has 0 aromatic heterocycles. The molecule has 174 valence electrons. The molecule has 0 bridgehead atoms. The highest BCUT2D eigenvalue weighted by atomic mass is 16.5. The fourth-order valence-corrected chi connectivity index (χ4v) is 3.62. The second kappa shape index (κ2) is 9.70. The summed E-state index contributed by atoms with van der Waals surface area (Å²) in [6.07, 6.45) is 1.65. The molecular formula is C27H24O7. The van der Waals surface area contributed by atoms with Gasteiger partial charge in [-0.3, -0.25) is 9.59 Å². The fraction of sp³-hybridized carbons (Fsp3) is 0.185. The Hall–Kier alpha value is -4.26. The van der Waals surface area contributed by atoms with Crippen LogP contribution in [0.1, 0.15) is 31.8 Å². The van der Waals surface area contributed by atoms with Crippen LogP contribution in [0.4, 0.5) is 0 Å². The number of benzene rings is 3. The third-order valence-electron chi connectivity index (χ3n) is 5.51. The van der Waals surface area contributed by atoms with Crippen molar-refractivity contribution in [2.24, 2.45) is 0 Å². The van der Waals surface area contributed by atoms with Crippen LogP contribution in [0.15, 0.2) is 60.4 Å². The van der Waals surface area contributed by atoms with Gasteiger partial charge in [0, 0.05) is 11.1 Å². The Morgan fingerprint density at radius 2 is 1.59 bits per heavy atom. The number of ketones is 2. The molecule has 7 nitrogen and oxygen atoms in total. The van der Waals surface area contributed by atoms with E-state index < -0.39 is 0 Å². The normalized spacial score (nSPS) is 13.3. The van der Waals surface area contributed by atoms with E-state index in [9.17, 15) is 9.59 Å². The topological polar surface area (TPSA) is 80.3 Å². The molecule has 1 aliphatic rings. The minimum atomic E-state index is -0.228. The SMILES string of the molecule is COc1ccc(C(=O)COc2ccc3c(c2C)O/C(=C\c2ccc(OC)c(OC)c2)C3=O)cc1. The zero-order chi connectivity index (χ0) is 24.2. The first kappa shape index (κ1) is 22.9. The summed E-state index contributed by atoms with van der Waals surface area (Å²) in [6.45, 7) is 1.65. The van der Waals surface area contributed by atoms with Crippen molar-refractivity contribution in [1.29, 1.82) is 0 Å². The van der Waals surface area contributed by atoms with Gasteiger partial charge >= 0.3 is 0 Å². The van der Waals surface area contributed by atoms with Gasteiger partial charge in [0.15, 0.2) is 29.6 Å². The maximum atomic E-state index is 12.9. The average molecular weight is 460 g/mol. The second-order valence-corrected chi connectivity index (χ2v) is 7.56. The van der Waals surface area contributed by atoms with Crippen LogP contribution in [-0.2, 0) is 0 Å². The first-order valence-corrected chi connectivity index (χ1v) is 10.5. The van der Waals surface area contributed by atoms with Crippen molar-refractivity contribution in [1.82, 2.24) is 0 Å². The molecule has 0 radical (unpaired) electrons. The first-order chi connectivity index (χ1) is 16.4. The molecule has 3 aromatic carbocycles. The minimum Gasteiger partial charge on any atom is -0.497 e. The molecule has 7 heteroatoms. The maximum absolute atomic E-state index is 12.9. The zero-order valence-electron chi connectivity index (χ0n) is 19.3. The highest BCUT2D eigenvalue weighted by Crippen LogP contribution is 2.39. The van der Waals surface area contributed by atoms with Gasteiger partial charge in [0.25, 0.3) is 0 Å². The van der Waals surface area contributed by atoms with Gasteiger partial charge in [-0.05, 0) is 67.1 Å². The molecule has 0 spiro atoms. The van der Waals surface area contributed by atoms with Gasteiger partial charge in [0.2, 0.25) is 5.78 Å². The number of rotatable bonds is 8. The number of Topliss-reactive ketones (excluding diaryl/α,β-unsaturated/α-hetero) is 2. The van der Waals surface area contributed by atoms with Crippen LogP contribution in [-0.4, -0.2) is 39.5 Å². The summed E-state index contributed by atoms with van der Waals surface area (Å²) in [5.74, 6) is 2.50. The fourth-order valence-electron chi connectivity index (χ4n) is 3.62. The number of ether oxygens (including phenoxy) is 5. The lowest BCUT2D eigenvalue weighted by molar-refractivity contribution is 0.0920. The summed E-state index contributed by atoms with van der Waals surface area (Å²) in [5, 5.41) is 0. The van der Waals surface area contributed by atoms with E-state index in [0.29, 0.717) is 45.4 Å². The molecule has 0 atom stereocenters. The van der Waals surface area contributed by atoms with Crippen molar-refractivity contribution in [3.05, 3.63) is 82.6 Å². The Labute approximate surface area is 197 Å². The number of methoxy groups -OCH3 is 3. The number of fused-ring (bicyclic) bond motifs is 1. The molecule has 0 unspecified atom stereocenters. The van der Waals surface area contributed by atoms with Crippen LogP contribution in [0.3, 0.4) is 0 Å². The van der Waals surface area contributed by atoms with Crippen molar-refractivity contribution >= 4 is 17.6 Å². The minimum absolute atomic E-state index is 0.145. The Morgan fingerprint density at radius 1 is 0.882 bits per heavy atom. The van der Waals surface area contributed by atoms with E-state index in [0.717, 1.165) is 5.56 Å². The molecule has 0 amide bonds. The number of hydrogen-bond acceptors (Lipinski definition) is 7. The second-order valence-electron chi connectivity index (χ2n) is 7.56. The largest absolute Gasteiger partial charge is 0.497 e. The maximum Gasteiger partial charge on any atom is 0.231 e. The van der Waals surface area contributed by atoms with Crippen molar-refractivity contribution in [2.75, 3.05) is 27.9 Å².